The van der Waals surface area contributed by atoms with Crippen LogP contribution in [0.5, 0.6) is 0 Å². The van der Waals surface area contributed by atoms with Crippen LogP contribution in [0, 0.1) is 0 Å². The molecule has 5 nitrogen and oxygen atoms in total. The van der Waals surface area contributed by atoms with Crippen LogP contribution in [0.1, 0.15) is 63.6 Å². The highest BCUT2D eigenvalue weighted by Crippen LogP contribution is 2.25. The van der Waals surface area contributed by atoms with E-state index >= 15 is 0 Å². The van der Waals surface area contributed by atoms with Gasteiger partial charge in [0, 0.05) is 12.5 Å². The first-order chi connectivity index (χ1) is 11.8. The molecular formula is C20H31ClN2O3. The summed E-state index contributed by atoms with van der Waals surface area (Å²) in [5, 5.41) is 6.33. The maximum Gasteiger partial charge on any atom is 0.307 e. The second-order valence-electron chi connectivity index (χ2n) is 7.77. The number of carbonyl (C=O) groups is 2. The molecule has 26 heavy (non-hydrogen) atoms. The first-order valence-corrected chi connectivity index (χ1v) is 8.99. The molecule has 146 valence electrons. The molecule has 1 amide bonds. The Hall–Kier alpha value is -1.59. The molecule has 0 radical (unpaired) electrons. The number of halogens is 1. The number of ether oxygens (including phenoxy) is 1. The zero-order chi connectivity index (χ0) is 18.4. The van der Waals surface area contributed by atoms with Crippen molar-refractivity contribution in [3.8, 4) is 0 Å². The first kappa shape index (κ1) is 22.5. The molecule has 2 rings (SSSR count). The largest absolute Gasteiger partial charge is 0.469 e. The number of esters is 1. The Morgan fingerprint density at radius 3 is 2.42 bits per heavy atom. The second-order valence-corrected chi connectivity index (χ2v) is 7.77. The molecule has 1 aliphatic heterocycles. The van der Waals surface area contributed by atoms with Crippen LogP contribution >= 0.6 is 12.4 Å². The normalized spacial score (nSPS) is 17.9. The third-order valence-corrected chi connectivity index (χ3v) is 4.71. The van der Waals surface area contributed by atoms with Crippen molar-refractivity contribution in [1.82, 2.24) is 10.6 Å². The number of rotatable bonds is 6. The lowest BCUT2D eigenvalue weighted by Gasteiger charge is -2.22. The standard InChI is InChI=1S/C20H30N2O3.ClH/c1-20(2,3)15-9-7-14(8-10-15)17(13-19(24)25-4)22-18(23)12-16-6-5-11-21-16;/h7-10,16-17,21H,5-6,11-13H2,1-4H3,(H,22,23);1H. The Morgan fingerprint density at radius 1 is 1.27 bits per heavy atom. The van der Waals surface area contributed by atoms with Gasteiger partial charge in [0.1, 0.15) is 0 Å². The second kappa shape index (κ2) is 9.93. The van der Waals surface area contributed by atoms with Gasteiger partial charge in [-0.05, 0) is 35.9 Å². The monoisotopic (exact) mass is 382 g/mol. The zero-order valence-electron chi connectivity index (χ0n) is 16.1. The van der Waals surface area contributed by atoms with E-state index in [9.17, 15) is 9.59 Å². The van der Waals surface area contributed by atoms with Crippen molar-refractivity contribution >= 4 is 24.3 Å². The number of carbonyl (C=O) groups excluding carboxylic acids is 2. The van der Waals surface area contributed by atoms with Gasteiger partial charge in [-0.1, -0.05) is 45.0 Å². The predicted molar refractivity (Wildman–Crippen MR) is 106 cm³/mol. The highest BCUT2D eigenvalue weighted by molar-refractivity contribution is 5.85. The molecule has 0 saturated carbocycles. The lowest BCUT2D eigenvalue weighted by molar-refractivity contribution is -0.141. The van der Waals surface area contributed by atoms with Gasteiger partial charge in [0.25, 0.3) is 0 Å². The third kappa shape index (κ3) is 6.61. The summed E-state index contributed by atoms with van der Waals surface area (Å²) in [5.74, 6) is -0.364. The van der Waals surface area contributed by atoms with Crippen molar-refractivity contribution in [2.75, 3.05) is 13.7 Å². The van der Waals surface area contributed by atoms with Crippen LogP contribution in [-0.4, -0.2) is 31.6 Å². The average molecular weight is 383 g/mol. The number of amides is 1. The average Bonchev–Trinajstić information content (AvgIpc) is 3.06. The van der Waals surface area contributed by atoms with Crippen LogP contribution in [0.2, 0.25) is 0 Å². The Labute approximate surface area is 162 Å². The van der Waals surface area contributed by atoms with E-state index in [-0.39, 0.29) is 48.2 Å². The van der Waals surface area contributed by atoms with Gasteiger partial charge in [-0.3, -0.25) is 9.59 Å². The van der Waals surface area contributed by atoms with Crippen LogP contribution in [-0.2, 0) is 19.7 Å². The number of hydrogen-bond acceptors (Lipinski definition) is 4. The first-order valence-electron chi connectivity index (χ1n) is 8.99. The Balaban J connectivity index is 0.00000338. The van der Waals surface area contributed by atoms with Gasteiger partial charge in [0.05, 0.1) is 19.6 Å². The molecule has 1 saturated heterocycles. The van der Waals surface area contributed by atoms with Crippen LogP contribution in [0.4, 0.5) is 0 Å². The molecule has 2 N–H and O–H groups in total. The topological polar surface area (TPSA) is 67.4 Å². The quantitative estimate of drug-likeness (QED) is 0.741. The lowest BCUT2D eigenvalue weighted by Crippen LogP contribution is -2.35. The molecule has 1 heterocycles. The van der Waals surface area contributed by atoms with E-state index in [4.69, 9.17) is 4.74 Å². The van der Waals surface area contributed by atoms with Crippen LogP contribution in [0.15, 0.2) is 24.3 Å². The molecular weight excluding hydrogens is 352 g/mol. The summed E-state index contributed by atoms with van der Waals surface area (Å²) in [5.41, 5.74) is 2.20. The van der Waals surface area contributed by atoms with Crippen molar-refractivity contribution in [3.05, 3.63) is 35.4 Å². The summed E-state index contributed by atoms with van der Waals surface area (Å²) in [6.07, 6.45) is 2.71. The summed E-state index contributed by atoms with van der Waals surface area (Å²) in [4.78, 5) is 24.1. The fourth-order valence-corrected chi connectivity index (χ4v) is 3.13. The van der Waals surface area contributed by atoms with E-state index in [1.54, 1.807) is 0 Å². The summed E-state index contributed by atoms with van der Waals surface area (Å²) < 4.78 is 4.79. The Kier molecular flexibility index (Phi) is 8.57. The van der Waals surface area contributed by atoms with Gasteiger partial charge in [0.2, 0.25) is 5.91 Å². The van der Waals surface area contributed by atoms with Crippen LogP contribution in [0.3, 0.4) is 0 Å². The van der Waals surface area contributed by atoms with E-state index in [0.29, 0.717) is 6.42 Å². The molecule has 0 aromatic heterocycles. The van der Waals surface area contributed by atoms with Gasteiger partial charge in [-0.2, -0.15) is 0 Å². The van der Waals surface area contributed by atoms with E-state index < -0.39 is 0 Å². The molecule has 0 bridgehead atoms. The van der Waals surface area contributed by atoms with Crippen molar-refractivity contribution in [2.45, 2.75) is 64.0 Å². The van der Waals surface area contributed by atoms with E-state index in [1.165, 1.54) is 12.7 Å². The zero-order valence-corrected chi connectivity index (χ0v) is 16.9. The van der Waals surface area contributed by atoms with Gasteiger partial charge in [-0.25, -0.2) is 0 Å². The van der Waals surface area contributed by atoms with Crippen LogP contribution in [0.25, 0.3) is 0 Å². The molecule has 0 aliphatic carbocycles. The van der Waals surface area contributed by atoms with E-state index in [0.717, 1.165) is 24.9 Å². The minimum Gasteiger partial charge on any atom is -0.469 e. The van der Waals surface area contributed by atoms with Crippen molar-refractivity contribution in [3.63, 3.8) is 0 Å². The number of nitrogens with one attached hydrogen (secondary N) is 2. The maximum absolute atomic E-state index is 12.4. The predicted octanol–water partition coefficient (Wildman–Crippen LogP) is 3.27. The molecule has 0 spiro atoms. The number of hydrogen-bond donors (Lipinski definition) is 2. The SMILES string of the molecule is COC(=O)CC(NC(=O)CC1CCCN1)c1ccc(C(C)(C)C)cc1.Cl. The molecule has 2 atom stereocenters. The molecule has 1 fully saturated rings. The molecule has 1 aliphatic rings. The third-order valence-electron chi connectivity index (χ3n) is 4.71. The van der Waals surface area contributed by atoms with E-state index in [1.807, 2.05) is 12.1 Å². The number of methoxy groups -OCH3 is 1. The summed E-state index contributed by atoms with van der Waals surface area (Å²) in [6.45, 7) is 7.44. The molecule has 2 unspecified atom stereocenters. The lowest BCUT2D eigenvalue weighted by atomic mass is 9.86. The van der Waals surface area contributed by atoms with Crippen molar-refractivity contribution in [2.24, 2.45) is 0 Å². The van der Waals surface area contributed by atoms with Gasteiger partial charge in [0.15, 0.2) is 0 Å². The number of benzene rings is 1. The smallest absolute Gasteiger partial charge is 0.307 e. The van der Waals surface area contributed by atoms with Gasteiger partial charge >= 0.3 is 5.97 Å². The van der Waals surface area contributed by atoms with Crippen molar-refractivity contribution < 1.29 is 14.3 Å². The Morgan fingerprint density at radius 2 is 1.92 bits per heavy atom. The highest BCUT2D eigenvalue weighted by atomic mass is 35.5. The molecule has 1 aromatic carbocycles. The molecule has 6 heteroatoms. The maximum atomic E-state index is 12.4. The van der Waals surface area contributed by atoms with E-state index in [2.05, 4.69) is 43.5 Å². The summed E-state index contributed by atoms with van der Waals surface area (Å²) in [6, 6.07) is 7.97. The minimum absolute atomic E-state index is 0. The minimum atomic E-state index is -0.365. The van der Waals surface area contributed by atoms with Crippen molar-refractivity contribution in [1.29, 1.82) is 0 Å². The van der Waals surface area contributed by atoms with Gasteiger partial charge < -0.3 is 15.4 Å². The Bertz CT molecular complexity index is 590. The van der Waals surface area contributed by atoms with Gasteiger partial charge in [-0.15, -0.1) is 12.4 Å². The fraction of sp³-hybridized carbons (Fsp3) is 0.600. The molecule has 1 aromatic rings. The highest BCUT2D eigenvalue weighted by Gasteiger charge is 2.23. The summed E-state index contributed by atoms with van der Waals surface area (Å²) >= 11 is 0. The summed E-state index contributed by atoms with van der Waals surface area (Å²) in [7, 11) is 1.37. The van der Waals surface area contributed by atoms with Crippen LogP contribution < -0.4 is 10.6 Å². The fourth-order valence-electron chi connectivity index (χ4n) is 3.13.